The molecule has 2 rings (SSSR count). The Morgan fingerprint density at radius 3 is 2.78 bits per heavy atom. The van der Waals surface area contributed by atoms with Crippen molar-refractivity contribution in [3.63, 3.8) is 0 Å². The van der Waals surface area contributed by atoms with Gasteiger partial charge in [0, 0.05) is 5.56 Å². The molecular weight excluding hydrogens is 270 g/mol. The van der Waals surface area contributed by atoms with Crippen molar-refractivity contribution in [2.24, 2.45) is 0 Å². The fourth-order valence-electron chi connectivity index (χ4n) is 1.48. The van der Waals surface area contributed by atoms with Gasteiger partial charge >= 0.3 is 0 Å². The third-order valence-electron chi connectivity index (χ3n) is 2.32. The van der Waals surface area contributed by atoms with Gasteiger partial charge in [0.1, 0.15) is 22.5 Å². The Labute approximate surface area is 113 Å². The maximum absolute atomic E-state index is 11.8. The quantitative estimate of drug-likeness (QED) is 0.677. The molecule has 2 aromatic rings. The number of nitrogens with zero attached hydrogens (tertiary/aromatic N) is 2. The number of hydrogen-bond acceptors (Lipinski definition) is 4. The number of thioether (sulfide) groups is 1. The van der Waals surface area contributed by atoms with Crippen molar-refractivity contribution in [3.05, 3.63) is 45.2 Å². The summed E-state index contributed by atoms with van der Waals surface area (Å²) in [5, 5.41) is 9.79. The number of rotatable bonds is 2. The summed E-state index contributed by atoms with van der Waals surface area (Å²) in [7, 11) is 0. The van der Waals surface area contributed by atoms with Crippen LogP contribution in [0, 0.1) is 11.3 Å². The maximum atomic E-state index is 11.8. The standard InChI is InChI=1S/C12H8ClN3OS/c1-18-12-8(6-14)11(17)15-10(16-12)7-4-2-3-5-9(7)13/h2-5H,1H3,(H,15,16,17). The fraction of sp³-hybridized carbons (Fsp3) is 0.0833. The number of H-pyrrole nitrogens is 1. The highest BCUT2D eigenvalue weighted by Crippen LogP contribution is 2.25. The van der Waals surface area contributed by atoms with Crippen molar-refractivity contribution in [1.82, 2.24) is 9.97 Å². The van der Waals surface area contributed by atoms with Gasteiger partial charge < -0.3 is 4.98 Å². The average Bonchev–Trinajstić information content (AvgIpc) is 2.38. The second-order valence-corrected chi connectivity index (χ2v) is 4.59. The summed E-state index contributed by atoms with van der Waals surface area (Å²) >= 11 is 7.30. The zero-order valence-electron chi connectivity index (χ0n) is 9.40. The monoisotopic (exact) mass is 277 g/mol. The molecule has 0 radical (unpaired) electrons. The van der Waals surface area contributed by atoms with E-state index in [2.05, 4.69) is 9.97 Å². The molecule has 4 nitrogen and oxygen atoms in total. The Morgan fingerprint density at radius 1 is 1.44 bits per heavy atom. The molecule has 0 amide bonds. The van der Waals surface area contributed by atoms with E-state index in [0.29, 0.717) is 21.4 Å². The Bertz CT molecular complexity index is 690. The van der Waals surface area contributed by atoms with E-state index >= 15 is 0 Å². The molecule has 0 atom stereocenters. The van der Waals surface area contributed by atoms with Gasteiger partial charge in [-0.15, -0.1) is 11.8 Å². The molecule has 0 bridgehead atoms. The van der Waals surface area contributed by atoms with Gasteiger partial charge in [-0.3, -0.25) is 4.79 Å². The van der Waals surface area contributed by atoms with Crippen LogP contribution in [0.1, 0.15) is 5.56 Å². The SMILES string of the molecule is CSc1nc(-c2ccccc2Cl)[nH]c(=O)c1C#N. The minimum Gasteiger partial charge on any atom is -0.305 e. The predicted molar refractivity (Wildman–Crippen MR) is 71.8 cm³/mol. The number of nitrogens with one attached hydrogen (secondary N) is 1. The molecule has 18 heavy (non-hydrogen) atoms. The third kappa shape index (κ3) is 2.26. The largest absolute Gasteiger partial charge is 0.305 e. The molecule has 0 aliphatic heterocycles. The Balaban J connectivity index is 2.69. The lowest BCUT2D eigenvalue weighted by Crippen LogP contribution is -2.14. The number of benzene rings is 1. The van der Waals surface area contributed by atoms with Crippen molar-refractivity contribution in [2.75, 3.05) is 6.26 Å². The zero-order valence-corrected chi connectivity index (χ0v) is 11.0. The molecule has 0 aliphatic carbocycles. The van der Waals surface area contributed by atoms with E-state index in [4.69, 9.17) is 16.9 Å². The second-order valence-electron chi connectivity index (χ2n) is 3.39. The third-order valence-corrected chi connectivity index (χ3v) is 3.33. The van der Waals surface area contributed by atoms with E-state index in [0.717, 1.165) is 0 Å². The summed E-state index contributed by atoms with van der Waals surface area (Å²) in [6, 6.07) is 8.92. The van der Waals surface area contributed by atoms with Crippen LogP contribution in [0.4, 0.5) is 0 Å². The molecule has 0 fully saturated rings. The van der Waals surface area contributed by atoms with Crippen LogP contribution in [0.2, 0.25) is 5.02 Å². The molecule has 0 aliphatic rings. The number of aromatic nitrogens is 2. The summed E-state index contributed by atoms with van der Waals surface area (Å²) in [5.41, 5.74) is 0.209. The summed E-state index contributed by atoms with van der Waals surface area (Å²) in [4.78, 5) is 18.6. The van der Waals surface area contributed by atoms with E-state index in [-0.39, 0.29) is 5.56 Å². The maximum Gasteiger partial charge on any atom is 0.270 e. The number of hydrogen-bond donors (Lipinski definition) is 1. The lowest BCUT2D eigenvalue weighted by molar-refractivity contribution is 1.01. The molecular formula is C12H8ClN3OS. The molecule has 0 unspecified atom stereocenters. The number of nitriles is 1. The predicted octanol–water partition coefficient (Wildman–Crippen LogP) is 2.68. The van der Waals surface area contributed by atoms with Crippen LogP contribution < -0.4 is 5.56 Å². The van der Waals surface area contributed by atoms with Crippen molar-refractivity contribution >= 4 is 23.4 Å². The highest BCUT2D eigenvalue weighted by atomic mass is 35.5. The summed E-state index contributed by atoms with van der Waals surface area (Å²) < 4.78 is 0. The molecule has 90 valence electrons. The molecule has 0 saturated carbocycles. The molecule has 0 spiro atoms. The van der Waals surface area contributed by atoms with Gasteiger partial charge in [0.05, 0.1) is 5.02 Å². The van der Waals surface area contributed by atoms with Crippen LogP contribution in [-0.2, 0) is 0 Å². The van der Waals surface area contributed by atoms with Crippen molar-refractivity contribution in [1.29, 1.82) is 5.26 Å². The fourth-order valence-corrected chi connectivity index (χ4v) is 2.23. The van der Waals surface area contributed by atoms with Crippen LogP contribution in [-0.4, -0.2) is 16.2 Å². The molecule has 1 heterocycles. The van der Waals surface area contributed by atoms with E-state index in [1.54, 1.807) is 30.5 Å². The van der Waals surface area contributed by atoms with Gasteiger partial charge in [-0.05, 0) is 18.4 Å². The van der Waals surface area contributed by atoms with Gasteiger partial charge in [0.15, 0.2) is 0 Å². The van der Waals surface area contributed by atoms with Crippen LogP contribution >= 0.6 is 23.4 Å². The average molecular weight is 278 g/mol. The smallest absolute Gasteiger partial charge is 0.270 e. The topological polar surface area (TPSA) is 69.5 Å². The first-order valence-corrected chi connectivity index (χ1v) is 6.61. The number of aromatic amines is 1. The van der Waals surface area contributed by atoms with E-state index in [1.165, 1.54) is 11.8 Å². The molecule has 1 aromatic carbocycles. The van der Waals surface area contributed by atoms with Gasteiger partial charge in [-0.25, -0.2) is 4.98 Å². The van der Waals surface area contributed by atoms with Crippen molar-refractivity contribution < 1.29 is 0 Å². The minimum absolute atomic E-state index is 0.0262. The number of halogens is 1. The first-order valence-electron chi connectivity index (χ1n) is 5.00. The second kappa shape index (κ2) is 5.25. The van der Waals surface area contributed by atoms with E-state index in [9.17, 15) is 4.79 Å². The van der Waals surface area contributed by atoms with Gasteiger partial charge in [0.2, 0.25) is 0 Å². The Kier molecular flexibility index (Phi) is 3.70. The van der Waals surface area contributed by atoms with Crippen LogP contribution in [0.25, 0.3) is 11.4 Å². The van der Waals surface area contributed by atoms with Gasteiger partial charge in [-0.1, -0.05) is 23.7 Å². The summed E-state index contributed by atoms with van der Waals surface area (Å²) in [6.45, 7) is 0. The van der Waals surface area contributed by atoms with Crippen molar-refractivity contribution in [2.45, 2.75) is 5.03 Å². The Hall–Kier alpha value is -1.77. The van der Waals surface area contributed by atoms with Crippen LogP contribution in [0.3, 0.4) is 0 Å². The van der Waals surface area contributed by atoms with E-state index < -0.39 is 5.56 Å². The highest BCUT2D eigenvalue weighted by Gasteiger charge is 2.12. The lowest BCUT2D eigenvalue weighted by Gasteiger charge is -2.05. The first kappa shape index (κ1) is 12.7. The normalized spacial score (nSPS) is 10.1. The highest BCUT2D eigenvalue weighted by molar-refractivity contribution is 7.98. The Morgan fingerprint density at radius 2 is 2.17 bits per heavy atom. The van der Waals surface area contributed by atoms with Gasteiger partial charge in [0.25, 0.3) is 5.56 Å². The minimum atomic E-state index is -0.452. The summed E-state index contributed by atoms with van der Waals surface area (Å²) in [6.07, 6.45) is 1.76. The zero-order chi connectivity index (χ0) is 13.1. The van der Waals surface area contributed by atoms with E-state index in [1.807, 2.05) is 6.07 Å². The van der Waals surface area contributed by atoms with Gasteiger partial charge in [-0.2, -0.15) is 5.26 Å². The molecule has 0 saturated heterocycles. The van der Waals surface area contributed by atoms with Crippen LogP contribution in [0.15, 0.2) is 34.1 Å². The summed E-state index contributed by atoms with van der Waals surface area (Å²) in [5.74, 6) is 0.369. The lowest BCUT2D eigenvalue weighted by atomic mass is 10.2. The molecule has 1 N–H and O–H groups in total. The van der Waals surface area contributed by atoms with Crippen LogP contribution in [0.5, 0.6) is 0 Å². The molecule has 6 heteroatoms. The molecule has 1 aromatic heterocycles. The van der Waals surface area contributed by atoms with Crippen molar-refractivity contribution in [3.8, 4) is 17.5 Å². The first-order chi connectivity index (χ1) is 8.67.